The molecule has 1 aliphatic heterocycles. The van der Waals surface area contributed by atoms with Crippen molar-refractivity contribution in [3.05, 3.63) is 28.2 Å². The zero-order chi connectivity index (χ0) is 14.0. The van der Waals surface area contributed by atoms with Gasteiger partial charge in [-0.15, -0.1) is 0 Å². The van der Waals surface area contributed by atoms with E-state index < -0.39 is 9.84 Å². The topological polar surface area (TPSA) is 55.4 Å². The van der Waals surface area contributed by atoms with Crippen LogP contribution in [0.15, 0.2) is 22.7 Å². The van der Waals surface area contributed by atoms with E-state index in [0.29, 0.717) is 6.42 Å². The van der Waals surface area contributed by atoms with Crippen molar-refractivity contribution in [1.82, 2.24) is 5.32 Å². The van der Waals surface area contributed by atoms with Crippen molar-refractivity contribution in [2.45, 2.75) is 12.5 Å². The number of ether oxygens (including phenoxy) is 1. The highest BCUT2D eigenvalue weighted by Gasteiger charge is 2.34. The predicted molar refractivity (Wildman–Crippen MR) is 79.3 cm³/mol. The van der Waals surface area contributed by atoms with Crippen LogP contribution >= 0.6 is 15.9 Å². The van der Waals surface area contributed by atoms with Crippen LogP contribution in [-0.4, -0.2) is 34.1 Å². The van der Waals surface area contributed by atoms with Crippen LogP contribution in [0.25, 0.3) is 0 Å². The van der Waals surface area contributed by atoms with Crippen molar-refractivity contribution < 1.29 is 13.2 Å². The number of benzene rings is 1. The fourth-order valence-corrected chi connectivity index (χ4v) is 4.90. The standard InChI is InChI=1S/C13H18BrNO3S/c1-15-13(9-5-6-19(16,17)8-9)11-7-10(14)3-4-12(11)18-2/h3-4,7,9,13,15H,5-6,8H2,1-2H3. The summed E-state index contributed by atoms with van der Waals surface area (Å²) >= 11 is 3.45. The van der Waals surface area contributed by atoms with Crippen molar-refractivity contribution in [1.29, 1.82) is 0 Å². The van der Waals surface area contributed by atoms with Gasteiger partial charge in [-0.25, -0.2) is 8.42 Å². The van der Waals surface area contributed by atoms with Gasteiger partial charge in [0.2, 0.25) is 0 Å². The van der Waals surface area contributed by atoms with Crippen molar-refractivity contribution in [2.75, 3.05) is 25.7 Å². The molecule has 0 aliphatic carbocycles. The summed E-state index contributed by atoms with van der Waals surface area (Å²) in [7, 11) is 0.606. The first-order valence-electron chi connectivity index (χ1n) is 6.18. The Labute approximate surface area is 122 Å². The Bertz CT molecular complexity index is 559. The summed E-state index contributed by atoms with van der Waals surface area (Å²) < 4.78 is 29.6. The van der Waals surface area contributed by atoms with Gasteiger partial charge in [-0.3, -0.25) is 0 Å². The van der Waals surface area contributed by atoms with Crippen LogP contribution in [0.3, 0.4) is 0 Å². The largest absolute Gasteiger partial charge is 0.496 e. The van der Waals surface area contributed by atoms with Crippen LogP contribution in [0, 0.1) is 5.92 Å². The fourth-order valence-electron chi connectivity index (χ4n) is 2.68. The lowest BCUT2D eigenvalue weighted by Crippen LogP contribution is -2.26. The lowest BCUT2D eigenvalue weighted by atomic mass is 9.92. The number of methoxy groups -OCH3 is 1. The van der Waals surface area contributed by atoms with E-state index in [2.05, 4.69) is 21.2 Å². The van der Waals surface area contributed by atoms with Crippen molar-refractivity contribution >= 4 is 25.8 Å². The summed E-state index contributed by atoms with van der Waals surface area (Å²) in [4.78, 5) is 0. The molecule has 4 nitrogen and oxygen atoms in total. The first kappa shape index (κ1) is 14.8. The van der Waals surface area contributed by atoms with Crippen LogP contribution in [0.2, 0.25) is 0 Å². The van der Waals surface area contributed by atoms with E-state index in [1.165, 1.54) is 0 Å². The molecule has 0 bridgehead atoms. The molecule has 1 aromatic rings. The molecule has 0 spiro atoms. The molecule has 0 amide bonds. The minimum Gasteiger partial charge on any atom is -0.496 e. The third kappa shape index (κ3) is 3.30. The normalized spacial score (nSPS) is 23.2. The Hall–Kier alpha value is -0.590. The van der Waals surface area contributed by atoms with Crippen molar-refractivity contribution in [2.24, 2.45) is 5.92 Å². The smallest absolute Gasteiger partial charge is 0.150 e. The van der Waals surface area contributed by atoms with Crippen LogP contribution in [0.5, 0.6) is 5.75 Å². The second-order valence-electron chi connectivity index (χ2n) is 4.82. The fraction of sp³-hybridized carbons (Fsp3) is 0.538. The third-order valence-corrected chi connectivity index (χ3v) is 5.86. The van der Waals surface area contributed by atoms with Gasteiger partial charge in [0.15, 0.2) is 9.84 Å². The monoisotopic (exact) mass is 347 g/mol. The molecule has 19 heavy (non-hydrogen) atoms. The number of rotatable bonds is 4. The maximum Gasteiger partial charge on any atom is 0.150 e. The molecule has 1 N–H and O–H groups in total. The molecule has 2 rings (SSSR count). The zero-order valence-electron chi connectivity index (χ0n) is 11.0. The average molecular weight is 348 g/mol. The van der Waals surface area contributed by atoms with Crippen molar-refractivity contribution in [3.8, 4) is 5.75 Å². The molecule has 1 aliphatic rings. The molecule has 6 heteroatoms. The number of sulfone groups is 1. The summed E-state index contributed by atoms with van der Waals surface area (Å²) in [6, 6.07) is 5.79. The van der Waals surface area contributed by atoms with Gasteiger partial charge in [-0.2, -0.15) is 0 Å². The van der Waals surface area contributed by atoms with Gasteiger partial charge in [0.25, 0.3) is 0 Å². The molecule has 1 fully saturated rings. The quantitative estimate of drug-likeness (QED) is 0.906. The molecule has 0 saturated carbocycles. The lowest BCUT2D eigenvalue weighted by Gasteiger charge is -2.24. The summed E-state index contributed by atoms with van der Waals surface area (Å²) in [6.45, 7) is 0. The molecule has 1 heterocycles. The molecule has 0 radical (unpaired) electrons. The van der Waals surface area contributed by atoms with Gasteiger partial charge in [-0.05, 0) is 37.6 Å². The molecule has 1 aromatic carbocycles. The highest BCUT2D eigenvalue weighted by molar-refractivity contribution is 9.10. The number of hydrogen-bond donors (Lipinski definition) is 1. The Morgan fingerprint density at radius 1 is 1.47 bits per heavy atom. The Balaban J connectivity index is 2.34. The first-order chi connectivity index (χ1) is 8.96. The van der Waals surface area contributed by atoms with Crippen LogP contribution < -0.4 is 10.1 Å². The van der Waals surface area contributed by atoms with Gasteiger partial charge in [0.05, 0.1) is 18.6 Å². The SMILES string of the molecule is CNC(c1cc(Br)ccc1OC)C1CCS(=O)(=O)C1. The Kier molecular flexibility index (Phi) is 4.53. The summed E-state index contributed by atoms with van der Waals surface area (Å²) in [5.41, 5.74) is 1.00. The van der Waals surface area contributed by atoms with Gasteiger partial charge in [0.1, 0.15) is 5.75 Å². The maximum atomic E-state index is 11.6. The highest BCUT2D eigenvalue weighted by Crippen LogP contribution is 2.36. The lowest BCUT2D eigenvalue weighted by molar-refractivity contribution is 0.373. The van der Waals surface area contributed by atoms with E-state index in [0.717, 1.165) is 15.8 Å². The number of hydrogen-bond acceptors (Lipinski definition) is 4. The Morgan fingerprint density at radius 3 is 2.74 bits per heavy atom. The van der Waals surface area contributed by atoms with Gasteiger partial charge < -0.3 is 10.1 Å². The predicted octanol–water partition coefficient (Wildman–Crippen LogP) is 2.15. The summed E-state index contributed by atoms with van der Waals surface area (Å²) in [6.07, 6.45) is 0.698. The molecule has 2 unspecified atom stereocenters. The minimum absolute atomic E-state index is 0.00951. The highest BCUT2D eigenvalue weighted by atomic mass is 79.9. The maximum absolute atomic E-state index is 11.6. The Morgan fingerprint density at radius 2 is 2.21 bits per heavy atom. The third-order valence-electron chi connectivity index (χ3n) is 3.58. The second kappa shape index (κ2) is 5.81. The van der Waals surface area contributed by atoms with Crippen LogP contribution in [-0.2, 0) is 9.84 Å². The van der Waals surface area contributed by atoms with E-state index in [4.69, 9.17) is 4.74 Å². The molecule has 2 atom stereocenters. The van der Waals surface area contributed by atoms with Gasteiger partial charge >= 0.3 is 0 Å². The number of halogens is 1. The first-order valence-corrected chi connectivity index (χ1v) is 8.79. The second-order valence-corrected chi connectivity index (χ2v) is 7.96. The van der Waals surface area contributed by atoms with E-state index in [9.17, 15) is 8.42 Å². The zero-order valence-corrected chi connectivity index (χ0v) is 13.4. The van der Waals surface area contributed by atoms with E-state index in [1.807, 2.05) is 25.2 Å². The molecule has 0 aromatic heterocycles. The van der Waals surface area contributed by atoms with Gasteiger partial charge in [-0.1, -0.05) is 15.9 Å². The van der Waals surface area contributed by atoms with E-state index in [-0.39, 0.29) is 23.5 Å². The molecular formula is C13H18BrNO3S. The van der Waals surface area contributed by atoms with E-state index in [1.54, 1.807) is 7.11 Å². The molecule has 1 saturated heterocycles. The molecule has 106 valence electrons. The summed E-state index contributed by atoms with van der Waals surface area (Å²) in [5, 5.41) is 3.23. The van der Waals surface area contributed by atoms with E-state index >= 15 is 0 Å². The van der Waals surface area contributed by atoms with Gasteiger partial charge in [0, 0.05) is 16.1 Å². The van der Waals surface area contributed by atoms with Crippen LogP contribution in [0.1, 0.15) is 18.0 Å². The number of nitrogens with one attached hydrogen (secondary N) is 1. The summed E-state index contributed by atoms with van der Waals surface area (Å²) in [5.74, 6) is 1.41. The van der Waals surface area contributed by atoms with Crippen LogP contribution in [0.4, 0.5) is 0 Å². The minimum atomic E-state index is -2.88. The average Bonchev–Trinajstić information content (AvgIpc) is 2.71. The van der Waals surface area contributed by atoms with Crippen molar-refractivity contribution in [3.63, 3.8) is 0 Å². The molecular weight excluding hydrogens is 330 g/mol.